The minimum absolute atomic E-state index is 0.0793. The Balaban J connectivity index is 1.43. The number of hydrogen-bond donors (Lipinski definition) is 2. The number of benzene rings is 3. The highest BCUT2D eigenvalue weighted by Crippen LogP contribution is 2.35. The molecule has 2 N–H and O–H groups in total. The topological polar surface area (TPSA) is 50.4 Å². The molecule has 170 valence electrons. The van der Waals surface area contributed by atoms with Crippen LogP contribution in [-0.4, -0.2) is 11.4 Å². The smallest absolute Gasteiger partial charge is 0.260 e. The Morgan fingerprint density at radius 2 is 1.79 bits per heavy atom. The maximum absolute atomic E-state index is 12.5. The molecule has 0 aliphatic carbocycles. The van der Waals surface area contributed by atoms with Crippen LogP contribution in [0.15, 0.2) is 74.5 Å². The van der Waals surface area contributed by atoms with Crippen molar-refractivity contribution in [3.63, 3.8) is 0 Å². The summed E-state index contributed by atoms with van der Waals surface area (Å²) in [5.41, 5.74) is 4.10. The van der Waals surface area contributed by atoms with Crippen LogP contribution in [0.4, 0.5) is 5.69 Å². The van der Waals surface area contributed by atoms with Gasteiger partial charge in [-0.1, -0.05) is 58.9 Å². The molecular weight excluding hydrogens is 679 g/mol. The SMILES string of the molecule is CCc1ccc(N[C@H]2NC(=O)/C(=C/c3cc(Br)c(OCc4ccc(Br)cc4)c(I)c3)S2)cc1. The monoisotopic (exact) mass is 698 g/mol. The lowest BCUT2D eigenvalue weighted by Crippen LogP contribution is -2.30. The zero-order valence-corrected chi connectivity index (χ0v) is 23.8. The van der Waals surface area contributed by atoms with Crippen molar-refractivity contribution in [3.8, 4) is 5.75 Å². The van der Waals surface area contributed by atoms with Crippen molar-refractivity contribution in [1.29, 1.82) is 0 Å². The van der Waals surface area contributed by atoms with Gasteiger partial charge < -0.3 is 15.4 Å². The van der Waals surface area contributed by atoms with Crippen LogP contribution in [0, 0.1) is 3.57 Å². The van der Waals surface area contributed by atoms with Crippen LogP contribution in [-0.2, 0) is 17.8 Å². The van der Waals surface area contributed by atoms with E-state index in [9.17, 15) is 4.79 Å². The van der Waals surface area contributed by atoms with Crippen LogP contribution in [0.25, 0.3) is 6.08 Å². The molecule has 33 heavy (non-hydrogen) atoms. The van der Waals surface area contributed by atoms with E-state index in [1.807, 2.05) is 54.6 Å². The van der Waals surface area contributed by atoms with E-state index >= 15 is 0 Å². The predicted molar refractivity (Wildman–Crippen MR) is 152 cm³/mol. The third-order valence-corrected chi connectivity index (χ3v) is 7.95. The summed E-state index contributed by atoms with van der Waals surface area (Å²) in [7, 11) is 0. The Hall–Kier alpha value is -1.49. The fourth-order valence-electron chi connectivity index (χ4n) is 3.24. The molecule has 0 aromatic heterocycles. The molecule has 0 saturated carbocycles. The zero-order chi connectivity index (χ0) is 23.4. The van der Waals surface area contributed by atoms with E-state index in [1.165, 1.54) is 17.3 Å². The molecule has 4 rings (SSSR count). The summed E-state index contributed by atoms with van der Waals surface area (Å²) in [4.78, 5) is 13.2. The van der Waals surface area contributed by atoms with Gasteiger partial charge in [-0.3, -0.25) is 4.79 Å². The van der Waals surface area contributed by atoms with Gasteiger partial charge in [0.25, 0.3) is 5.91 Å². The summed E-state index contributed by atoms with van der Waals surface area (Å²) in [5.74, 6) is 0.712. The summed E-state index contributed by atoms with van der Waals surface area (Å²) in [6, 6.07) is 20.3. The van der Waals surface area contributed by atoms with E-state index in [1.54, 1.807) is 0 Å². The second-order valence-corrected chi connectivity index (χ2v) is 11.5. The zero-order valence-electron chi connectivity index (χ0n) is 17.7. The van der Waals surface area contributed by atoms with Gasteiger partial charge in [-0.15, -0.1) is 0 Å². The van der Waals surface area contributed by atoms with Crippen molar-refractivity contribution in [2.75, 3.05) is 5.32 Å². The van der Waals surface area contributed by atoms with Gasteiger partial charge in [0, 0.05) is 10.2 Å². The number of ether oxygens (including phenoxy) is 1. The second kappa shape index (κ2) is 11.3. The van der Waals surface area contributed by atoms with E-state index in [0.29, 0.717) is 11.5 Å². The van der Waals surface area contributed by atoms with Gasteiger partial charge in [-0.05, 0) is 104 Å². The molecular formula is C25H21Br2IN2O2S. The van der Waals surface area contributed by atoms with Crippen molar-refractivity contribution in [2.24, 2.45) is 0 Å². The molecule has 1 aliphatic heterocycles. The molecule has 1 aliphatic rings. The average molecular weight is 700 g/mol. The molecule has 3 aromatic carbocycles. The Labute approximate surface area is 228 Å². The summed E-state index contributed by atoms with van der Waals surface area (Å²) >= 11 is 10.8. The van der Waals surface area contributed by atoms with Gasteiger partial charge in [-0.25, -0.2) is 0 Å². The number of thioether (sulfide) groups is 1. The molecule has 0 radical (unpaired) electrons. The molecule has 8 heteroatoms. The van der Waals surface area contributed by atoms with Crippen LogP contribution in [0.5, 0.6) is 5.75 Å². The maximum Gasteiger partial charge on any atom is 0.260 e. The van der Waals surface area contributed by atoms with Gasteiger partial charge in [0.2, 0.25) is 0 Å². The van der Waals surface area contributed by atoms with Crippen LogP contribution < -0.4 is 15.4 Å². The van der Waals surface area contributed by atoms with Crippen molar-refractivity contribution < 1.29 is 9.53 Å². The first kappa shape index (κ1) is 24.6. The number of rotatable bonds is 7. The Bertz CT molecular complexity index is 1160. The van der Waals surface area contributed by atoms with Crippen molar-refractivity contribution in [1.82, 2.24) is 5.32 Å². The summed E-state index contributed by atoms with van der Waals surface area (Å²) in [5, 5.41) is 6.35. The third-order valence-electron chi connectivity index (χ3n) is 5.01. The highest BCUT2D eigenvalue weighted by molar-refractivity contribution is 14.1. The lowest BCUT2D eigenvalue weighted by molar-refractivity contribution is -0.116. The van der Waals surface area contributed by atoms with Gasteiger partial charge in [0.15, 0.2) is 5.50 Å². The highest BCUT2D eigenvalue weighted by atomic mass is 127. The minimum Gasteiger partial charge on any atom is -0.487 e. The number of aryl methyl sites for hydroxylation is 1. The molecule has 3 aromatic rings. The van der Waals surface area contributed by atoms with Crippen LogP contribution in [0.2, 0.25) is 0 Å². The predicted octanol–water partition coefficient (Wildman–Crippen LogP) is 7.56. The Kier molecular flexibility index (Phi) is 8.43. The minimum atomic E-state index is -0.202. The summed E-state index contributed by atoms with van der Waals surface area (Å²) < 4.78 is 8.92. The molecule has 1 fully saturated rings. The summed E-state index contributed by atoms with van der Waals surface area (Å²) in [6.45, 7) is 2.61. The second-order valence-electron chi connectivity index (χ2n) is 7.40. The number of halogens is 3. The number of carbonyl (C=O) groups excluding carboxylic acids is 1. The average Bonchev–Trinajstić information content (AvgIpc) is 3.13. The van der Waals surface area contributed by atoms with E-state index in [0.717, 1.165) is 41.5 Å². The van der Waals surface area contributed by atoms with Crippen molar-refractivity contribution in [2.45, 2.75) is 25.4 Å². The number of anilines is 1. The molecule has 1 heterocycles. The lowest BCUT2D eigenvalue weighted by Gasteiger charge is -2.13. The van der Waals surface area contributed by atoms with Crippen LogP contribution in [0.3, 0.4) is 0 Å². The molecule has 0 unspecified atom stereocenters. The van der Waals surface area contributed by atoms with Crippen LogP contribution >= 0.6 is 66.2 Å². The van der Waals surface area contributed by atoms with Gasteiger partial charge in [-0.2, -0.15) is 0 Å². The molecule has 1 amide bonds. The quantitative estimate of drug-likeness (QED) is 0.198. The standard InChI is InChI=1S/C25H21Br2IN2O2S/c1-2-15-5-9-19(10-6-15)29-25-30-24(31)22(33-25)13-17-11-20(27)23(21(28)12-17)32-14-16-3-7-18(26)8-4-16/h3-13,25,29H,2,14H2,1H3,(H,30,31)/b22-13-/t25-/m0/s1. The largest absolute Gasteiger partial charge is 0.487 e. The number of carbonyl (C=O) groups is 1. The first-order valence-corrected chi connectivity index (χ1v) is 13.9. The van der Waals surface area contributed by atoms with E-state index in [-0.39, 0.29) is 11.4 Å². The first-order valence-electron chi connectivity index (χ1n) is 10.3. The van der Waals surface area contributed by atoms with E-state index in [2.05, 4.69) is 84.1 Å². The van der Waals surface area contributed by atoms with Crippen molar-refractivity contribution >= 4 is 83.9 Å². The van der Waals surface area contributed by atoms with Crippen molar-refractivity contribution in [3.05, 3.63) is 94.8 Å². The van der Waals surface area contributed by atoms with Gasteiger partial charge in [0.1, 0.15) is 12.4 Å². The van der Waals surface area contributed by atoms with Gasteiger partial charge in [0.05, 0.1) is 12.9 Å². The normalized spacial score (nSPS) is 16.7. The summed E-state index contributed by atoms with van der Waals surface area (Å²) in [6.07, 6.45) is 2.91. The number of amides is 1. The number of hydrogen-bond acceptors (Lipinski definition) is 4. The van der Waals surface area contributed by atoms with Crippen LogP contribution in [0.1, 0.15) is 23.6 Å². The molecule has 0 spiro atoms. The lowest BCUT2D eigenvalue weighted by atomic mass is 10.1. The molecule has 0 bridgehead atoms. The Morgan fingerprint density at radius 1 is 1.09 bits per heavy atom. The fraction of sp³-hybridized carbons (Fsp3) is 0.160. The molecule has 1 atom stereocenters. The Morgan fingerprint density at radius 3 is 2.45 bits per heavy atom. The first-order chi connectivity index (χ1) is 15.9. The molecule has 1 saturated heterocycles. The highest BCUT2D eigenvalue weighted by Gasteiger charge is 2.27. The van der Waals surface area contributed by atoms with E-state index in [4.69, 9.17) is 4.74 Å². The third kappa shape index (κ3) is 6.55. The van der Waals surface area contributed by atoms with E-state index < -0.39 is 0 Å². The molecule has 4 nitrogen and oxygen atoms in total. The van der Waals surface area contributed by atoms with Gasteiger partial charge >= 0.3 is 0 Å². The fourth-order valence-corrected chi connectivity index (χ4v) is 6.26. The number of nitrogens with one attached hydrogen (secondary N) is 2. The maximum atomic E-state index is 12.5.